The summed E-state index contributed by atoms with van der Waals surface area (Å²) < 4.78 is 0. The van der Waals surface area contributed by atoms with Crippen LogP contribution in [0.1, 0.15) is 29.5 Å². The summed E-state index contributed by atoms with van der Waals surface area (Å²) >= 11 is 4.72. The second kappa shape index (κ2) is 23.9. The average Bonchev–Trinajstić information content (AvgIpc) is 3.30. The second-order valence-corrected chi connectivity index (χ2v) is 18.4. The summed E-state index contributed by atoms with van der Waals surface area (Å²) in [6.07, 6.45) is 7.15. The molecule has 284 valence electrons. The molecule has 0 fully saturated rings. The van der Waals surface area contributed by atoms with Gasteiger partial charge in [0.2, 0.25) is 0 Å². The van der Waals surface area contributed by atoms with Crippen molar-refractivity contribution in [1.29, 1.82) is 0 Å². The van der Waals surface area contributed by atoms with Crippen LogP contribution < -0.4 is 31.8 Å². The third kappa shape index (κ3) is 12.6. The monoisotopic (exact) mass is 978 g/mol. The van der Waals surface area contributed by atoms with Crippen molar-refractivity contribution in [3.05, 3.63) is 259 Å². The fraction of sp³-hybridized carbons (Fsp3) is 0.0566. The molecule has 9 rings (SSSR count). The van der Waals surface area contributed by atoms with Gasteiger partial charge in [0, 0.05) is 0 Å². The van der Waals surface area contributed by atoms with E-state index in [1.165, 1.54) is 66.9 Å². The Kier molecular flexibility index (Phi) is 17.7. The number of halogens is 1. The van der Waals surface area contributed by atoms with Gasteiger partial charge in [-0.3, -0.25) is 0 Å². The Balaban J connectivity index is 0.000000142. The molecule has 0 saturated heterocycles. The summed E-state index contributed by atoms with van der Waals surface area (Å²) in [5.41, 5.74) is 5.40. The number of allylic oxidation sites excluding steroid dienone is 1. The molecule has 0 aliphatic heterocycles. The average molecular weight is 979 g/mol. The zero-order valence-corrected chi connectivity index (χ0v) is 37.5. The molecular weight excluding hydrogens is 932 g/mol. The van der Waals surface area contributed by atoms with Gasteiger partial charge in [-0.1, -0.05) is 151 Å². The number of hydrogen-bond acceptors (Lipinski definition) is 0. The number of fused-ring (bicyclic) bond motifs is 1. The zero-order chi connectivity index (χ0) is 39.3. The minimum Gasteiger partial charge on any atom is -0.0620 e. The number of benzene rings is 8. The van der Waals surface area contributed by atoms with E-state index in [1.807, 2.05) is 25.6 Å². The van der Waals surface area contributed by atoms with Crippen molar-refractivity contribution in [2.24, 2.45) is 0 Å². The normalized spacial score (nSPS) is 12.2. The molecule has 0 bridgehead atoms. The van der Waals surface area contributed by atoms with Gasteiger partial charge in [-0.15, -0.1) is 41.5 Å². The van der Waals surface area contributed by atoms with Crippen molar-refractivity contribution in [3.63, 3.8) is 0 Å². The third-order valence-corrected chi connectivity index (χ3v) is 15.1. The van der Waals surface area contributed by atoms with Crippen LogP contribution in [0.2, 0.25) is 0 Å². The summed E-state index contributed by atoms with van der Waals surface area (Å²) in [4.78, 5) is 0. The zero-order valence-electron chi connectivity index (χ0n) is 31.8. The molecule has 57 heavy (non-hydrogen) atoms. The van der Waals surface area contributed by atoms with Crippen LogP contribution in [0.25, 0.3) is 5.57 Å². The quantitative estimate of drug-likeness (QED) is 0.0646. The van der Waals surface area contributed by atoms with E-state index in [0.29, 0.717) is 0 Å². The third-order valence-electron chi connectivity index (χ3n) is 9.66. The fourth-order valence-corrected chi connectivity index (χ4v) is 12.2. The van der Waals surface area contributed by atoms with E-state index in [9.17, 15) is 0 Å². The van der Waals surface area contributed by atoms with Crippen molar-refractivity contribution in [2.75, 3.05) is 0 Å². The van der Waals surface area contributed by atoms with E-state index in [1.54, 1.807) is 0 Å². The van der Waals surface area contributed by atoms with Gasteiger partial charge in [-0.25, -0.2) is 0 Å². The molecule has 0 unspecified atom stereocenters. The fourth-order valence-electron chi connectivity index (χ4n) is 7.08. The van der Waals surface area contributed by atoms with Crippen LogP contribution in [0, 0.1) is 6.08 Å². The molecule has 4 heteroatoms. The van der Waals surface area contributed by atoms with Crippen molar-refractivity contribution in [3.8, 4) is 0 Å². The van der Waals surface area contributed by atoms with Gasteiger partial charge in [0.15, 0.2) is 0 Å². The summed E-state index contributed by atoms with van der Waals surface area (Å²) in [7, 11) is -1.75. The first-order chi connectivity index (χ1) is 28.3. The minimum atomic E-state index is -0.877. The molecule has 0 N–H and O–H groups in total. The summed E-state index contributed by atoms with van der Waals surface area (Å²) in [6, 6.07) is 84.1. The predicted molar refractivity (Wildman–Crippen MR) is 259 cm³/mol. The molecule has 0 atom stereocenters. The van der Waals surface area contributed by atoms with Gasteiger partial charge in [-0.05, 0) is 92.1 Å². The SMILES string of the molecule is [C-](=C1CCCc2ccccc21)c1ccccc1.[Pd+][I].c1ccc([PH+](c2ccccc2)c2ccccc2)cc1.c1ccc([PH+](c2ccccc2)c2ccccc2)cc1. The Labute approximate surface area is 364 Å². The van der Waals surface area contributed by atoms with Gasteiger partial charge >= 0.3 is 35.1 Å². The van der Waals surface area contributed by atoms with E-state index in [4.69, 9.17) is 0 Å². The topological polar surface area (TPSA) is 0 Å². The Morgan fingerprint density at radius 3 is 0.947 bits per heavy atom. The first-order valence-corrected chi connectivity index (χ1v) is 26.9. The maximum absolute atomic E-state index is 3.55. The number of rotatable bonds is 7. The van der Waals surface area contributed by atoms with Crippen molar-refractivity contribution >= 4 is 72.8 Å². The molecule has 8 aromatic carbocycles. The molecule has 8 aromatic rings. The van der Waals surface area contributed by atoms with E-state index in [0.717, 1.165) is 6.42 Å². The van der Waals surface area contributed by atoms with E-state index in [2.05, 4.69) is 252 Å². The van der Waals surface area contributed by atoms with Crippen LogP contribution >= 0.6 is 35.4 Å². The van der Waals surface area contributed by atoms with Gasteiger partial charge < -0.3 is 0 Å². The van der Waals surface area contributed by atoms with Crippen LogP contribution in [0.5, 0.6) is 0 Å². The maximum atomic E-state index is 3.55. The Morgan fingerprint density at radius 2 is 0.614 bits per heavy atom. The molecular formula is C53H47IP2Pd+2. The molecule has 1 aliphatic rings. The van der Waals surface area contributed by atoms with Crippen LogP contribution in [0.3, 0.4) is 0 Å². The standard InChI is InChI=1S/2C18H15P.C17H15.HI.Pd/c2*1-4-10-16(11-5-1)19(17-12-6-2-7-13-17)18-14-8-3-9-15-18;1-2-7-14(8-3-1)13-16-11-6-10-15-9-4-5-12-17(15)16;;/h2*1-15H;1-5,7-9,12H,6,10-11H2;1H;/q;;-1;;+2/p+1. The predicted octanol–water partition coefficient (Wildman–Crippen LogP) is 11.5. The van der Waals surface area contributed by atoms with E-state index < -0.39 is 15.8 Å². The Hall–Kier alpha value is -4.25. The molecule has 0 radical (unpaired) electrons. The second-order valence-electron chi connectivity index (χ2n) is 13.4. The molecule has 0 amide bonds. The molecule has 1 aliphatic carbocycles. The number of hydrogen-bond donors (Lipinski definition) is 0. The van der Waals surface area contributed by atoms with Crippen molar-refractivity contribution < 1.29 is 15.6 Å². The van der Waals surface area contributed by atoms with Crippen LogP contribution in [0.4, 0.5) is 0 Å². The molecule has 0 heterocycles. The van der Waals surface area contributed by atoms with Gasteiger partial charge in [0.25, 0.3) is 0 Å². The van der Waals surface area contributed by atoms with Gasteiger partial charge in [0.05, 0.1) is 15.8 Å². The van der Waals surface area contributed by atoms with Crippen LogP contribution in [-0.2, 0) is 22.0 Å². The smallest absolute Gasteiger partial charge is 0.0620 e. The Morgan fingerprint density at radius 1 is 0.333 bits per heavy atom. The number of aryl methyl sites for hydroxylation is 1. The van der Waals surface area contributed by atoms with Gasteiger partial charge in [-0.2, -0.15) is 0 Å². The van der Waals surface area contributed by atoms with E-state index in [-0.39, 0.29) is 0 Å². The molecule has 0 aromatic heterocycles. The summed E-state index contributed by atoms with van der Waals surface area (Å²) in [5.74, 6) is 0. The summed E-state index contributed by atoms with van der Waals surface area (Å²) in [5, 5.41) is 8.61. The molecule has 0 spiro atoms. The van der Waals surface area contributed by atoms with Crippen molar-refractivity contribution in [2.45, 2.75) is 19.3 Å². The first-order valence-electron chi connectivity index (χ1n) is 19.3. The molecule has 0 saturated carbocycles. The Bertz CT molecular complexity index is 2020. The first kappa shape index (κ1) is 42.4. The largest absolute Gasteiger partial charge is 0.102 e. The van der Waals surface area contributed by atoms with Crippen LogP contribution in [0.15, 0.2) is 237 Å². The minimum absolute atomic E-state index is 0.877. The molecule has 0 nitrogen and oxygen atoms in total. The summed E-state index contributed by atoms with van der Waals surface area (Å²) in [6.45, 7) is 0. The van der Waals surface area contributed by atoms with Crippen molar-refractivity contribution in [1.82, 2.24) is 0 Å². The van der Waals surface area contributed by atoms with Gasteiger partial charge in [0.1, 0.15) is 31.8 Å². The van der Waals surface area contributed by atoms with Crippen LogP contribution in [-0.4, -0.2) is 0 Å². The van der Waals surface area contributed by atoms with E-state index >= 15 is 0 Å². The maximum Gasteiger partial charge on any atom is 0.102 e.